The number of methoxy groups -OCH3 is 1. The molecule has 2 N–H and O–H groups in total. The van der Waals surface area contributed by atoms with Crippen molar-refractivity contribution in [2.24, 2.45) is 0 Å². The molecule has 1 saturated heterocycles. The molecule has 1 aliphatic rings. The lowest BCUT2D eigenvalue weighted by Gasteiger charge is -2.38. The molecule has 1 fully saturated rings. The van der Waals surface area contributed by atoms with Gasteiger partial charge in [-0.1, -0.05) is 18.2 Å². The van der Waals surface area contributed by atoms with Crippen LogP contribution in [0.15, 0.2) is 60.7 Å². The van der Waals surface area contributed by atoms with Crippen LogP contribution in [0.1, 0.15) is 28.4 Å². The fraction of sp³-hybridized carbons (Fsp3) is 0.310. The average molecular weight is 503 g/mol. The number of hydrogen-bond donors (Lipinski definition) is 2. The third-order valence-corrected chi connectivity index (χ3v) is 6.41. The number of benzene rings is 3. The van der Waals surface area contributed by atoms with Crippen molar-refractivity contribution >= 4 is 34.7 Å². The maximum atomic E-state index is 12.9. The van der Waals surface area contributed by atoms with Crippen LogP contribution < -0.4 is 25.2 Å². The number of nitrogens with zero attached hydrogens (tertiary/aromatic N) is 2. The number of anilines is 4. The molecule has 2 amide bonds. The molecular formula is C29H34N4O4. The third kappa shape index (κ3) is 6.33. The predicted molar refractivity (Wildman–Crippen MR) is 148 cm³/mol. The summed E-state index contributed by atoms with van der Waals surface area (Å²) in [7, 11) is 1.58. The first-order valence-electron chi connectivity index (χ1n) is 12.5. The number of piperazine rings is 1. The zero-order valence-corrected chi connectivity index (χ0v) is 21.8. The topological polar surface area (TPSA) is 83.1 Å². The van der Waals surface area contributed by atoms with E-state index in [4.69, 9.17) is 9.47 Å². The molecule has 0 bridgehead atoms. The van der Waals surface area contributed by atoms with Crippen molar-refractivity contribution in [2.45, 2.75) is 20.8 Å². The summed E-state index contributed by atoms with van der Waals surface area (Å²) in [5.74, 6) is 0.217. The number of carbonyl (C=O) groups excluding carboxylic acids is 2. The molecule has 1 aliphatic heterocycles. The minimum absolute atomic E-state index is 0.278. The van der Waals surface area contributed by atoms with E-state index in [-0.39, 0.29) is 6.61 Å². The number of ether oxygens (including phenoxy) is 2. The first-order chi connectivity index (χ1) is 17.9. The van der Waals surface area contributed by atoms with Crippen LogP contribution in [0.2, 0.25) is 0 Å². The van der Waals surface area contributed by atoms with Crippen LogP contribution in [0.3, 0.4) is 0 Å². The molecule has 1 heterocycles. The number of esters is 1. The summed E-state index contributed by atoms with van der Waals surface area (Å²) < 4.78 is 10.4. The molecule has 0 aliphatic carbocycles. The lowest BCUT2D eigenvalue weighted by molar-refractivity contribution is 0.0526. The first kappa shape index (κ1) is 25.9. The van der Waals surface area contributed by atoms with Gasteiger partial charge < -0.3 is 29.9 Å². The second-order valence-corrected chi connectivity index (χ2v) is 9.03. The molecule has 3 aromatic carbocycles. The highest BCUT2D eigenvalue weighted by molar-refractivity contribution is 6.03. The number of hydrogen-bond acceptors (Lipinski definition) is 6. The van der Waals surface area contributed by atoms with E-state index in [0.717, 1.165) is 31.9 Å². The molecule has 0 radical (unpaired) electrons. The third-order valence-electron chi connectivity index (χ3n) is 6.41. The zero-order chi connectivity index (χ0) is 26.4. The van der Waals surface area contributed by atoms with Gasteiger partial charge >= 0.3 is 12.0 Å². The van der Waals surface area contributed by atoms with E-state index in [0.29, 0.717) is 22.7 Å². The first-order valence-corrected chi connectivity index (χ1v) is 12.5. The summed E-state index contributed by atoms with van der Waals surface area (Å²) in [5, 5.41) is 5.77. The number of aryl methyl sites for hydroxylation is 2. The number of carbonyl (C=O) groups is 2. The lowest BCUT2D eigenvalue weighted by atomic mass is 10.1. The molecule has 0 saturated carbocycles. The number of urea groups is 1. The van der Waals surface area contributed by atoms with Gasteiger partial charge in [-0.05, 0) is 68.3 Å². The van der Waals surface area contributed by atoms with E-state index >= 15 is 0 Å². The second-order valence-electron chi connectivity index (χ2n) is 9.03. The van der Waals surface area contributed by atoms with Crippen LogP contribution >= 0.6 is 0 Å². The van der Waals surface area contributed by atoms with Crippen molar-refractivity contribution < 1.29 is 19.1 Å². The van der Waals surface area contributed by atoms with E-state index < -0.39 is 12.0 Å². The molecule has 0 atom stereocenters. The molecule has 0 aromatic heterocycles. The van der Waals surface area contributed by atoms with Gasteiger partial charge in [0.15, 0.2) is 0 Å². The maximum absolute atomic E-state index is 12.9. The van der Waals surface area contributed by atoms with E-state index in [1.807, 2.05) is 12.1 Å². The van der Waals surface area contributed by atoms with Gasteiger partial charge in [-0.2, -0.15) is 0 Å². The van der Waals surface area contributed by atoms with E-state index in [9.17, 15) is 9.59 Å². The van der Waals surface area contributed by atoms with Crippen molar-refractivity contribution in [2.75, 3.05) is 60.3 Å². The summed E-state index contributed by atoms with van der Waals surface area (Å²) in [5.41, 5.74) is 6.15. The molecule has 0 spiro atoms. The Balaban J connectivity index is 1.53. The summed E-state index contributed by atoms with van der Waals surface area (Å²) in [6.07, 6.45) is 0. The van der Waals surface area contributed by atoms with Gasteiger partial charge in [0.25, 0.3) is 0 Å². The largest absolute Gasteiger partial charge is 0.497 e. The normalized spacial score (nSPS) is 13.2. The van der Waals surface area contributed by atoms with Gasteiger partial charge in [-0.25, -0.2) is 9.59 Å². The highest BCUT2D eigenvalue weighted by Gasteiger charge is 2.22. The summed E-state index contributed by atoms with van der Waals surface area (Å²) in [6, 6.07) is 18.5. The predicted octanol–water partition coefficient (Wildman–Crippen LogP) is 5.46. The van der Waals surface area contributed by atoms with E-state index in [2.05, 4.69) is 52.5 Å². The monoisotopic (exact) mass is 502 g/mol. The summed E-state index contributed by atoms with van der Waals surface area (Å²) in [4.78, 5) is 30.0. The number of rotatable bonds is 7. The minimum Gasteiger partial charge on any atom is -0.497 e. The van der Waals surface area contributed by atoms with Gasteiger partial charge in [0.2, 0.25) is 0 Å². The van der Waals surface area contributed by atoms with Crippen molar-refractivity contribution in [3.63, 3.8) is 0 Å². The highest BCUT2D eigenvalue weighted by atomic mass is 16.5. The van der Waals surface area contributed by atoms with Crippen LogP contribution in [0.25, 0.3) is 0 Å². The molecule has 4 rings (SSSR count). The summed E-state index contributed by atoms with van der Waals surface area (Å²) in [6.45, 7) is 9.54. The van der Waals surface area contributed by atoms with Crippen molar-refractivity contribution in [1.29, 1.82) is 0 Å². The Morgan fingerprint density at radius 2 is 1.59 bits per heavy atom. The lowest BCUT2D eigenvalue weighted by Crippen LogP contribution is -2.47. The molecular weight excluding hydrogens is 468 g/mol. The SMILES string of the molecule is CCOC(=O)c1ccc(N2CCN(c3cc(C)ccc3C)CC2)c(NC(=O)Nc2cccc(OC)c2)c1. The van der Waals surface area contributed by atoms with Gasteiger partial charge in [-0.3, -0.25) is 0 Å². The Bertz CT molecular complexity index is 1270. The summed E-state index contributed by atoms with van der Waals surface area (Å²) >= 11 is 0. The molecule has 8 heteroatoms. The Morgan fingerprint density at radius 3 is 2.30 bits per heavy atom. The van der Waals surface area contributed by atoms with E-state index in [1.165, 1.54) is 16.8 Å². The van der Waals surface area contributed by atoms with Gasteiger partial charge in [0.1, 0.15) is 5.75 Å². The van der Waals surface area contributed by atoms with Crippen LogP contribution in [-0.2, 0) is 4.74 Å². The fourth-order valence-corrected chi connectivity index (χ4v) is 4.49. The van der Waals surface area contributed by atoms with Crippen molar-refractivity contribution in [1.82, 2.24) is 0 Å². The van der Waals surface area contributed by atoms with Crippen LogP contribution in [0.5, 0.6) is 5.75 Å². The van der Waals surface area contributed by atoms with Crippen LogP contribution in [-0.4, -0.2) is 51.9 Å². The molecule has 3 aromatic rings. The molecule has 37 heavy (non-hydrogen) atoms. The molecule has 8 nitrogen and oxygen atoms in total. The maximum Gasteiger partial charge on any atom is 0.338 e. The molecule has 0 unspecified atom stereocenters. The van der Waals surface area contributed by atoms with Crippen molar-refractivity contribution in [3.05, 3.63) is 77.4 Å². The number of nitrogens with one attached hydrogen (secondary N) is 2. The van der Waals surface area contributed by atoms with Gasteiger partial charge in [0.05, 0.1) is 30.7 Å². The average Bonchev–Trinajstić information content (AvgIpc) is 2.90. The van der Waals surface area contributed by atoms with Crippen LogP contribution in [0.4, 0.5) is 27.5 Å². The van der Waals surface area contributed by atoms with Crippen LogP contribution in [0, 0.1) is 13.8 Å². The van der Waals surface area contributed by atoms with Gasteiger partial charge in [0, 0.05) is 43.6 Å². The van der Waals surface area contributed by atoms with E-state index in [1.54, 1.807) is 44.4 Å². The van der Waals surface area contributed by atoms with Crippen molar-refractivity contribution in [3.8, 4) is 5.75 Å². The fourth-order valence-electron chi connectivity index (χ4n) is 4.49. The quantitative estimate of drug-likeness (QED) is 0.418. The minimum atomic E-state index is -0.426. The Labute approximate surface area is 218 Å². The Hall–Kier alpha value is -4.20. The number of amides is 2. The Kier molecular flexibility index (Phi) is 8.18. The highest BCUT2D eigenvalue weighted by Crippen LogP contribution is 2.31. The zero-order valence-electron chi connectivity index (χ0n) is 21.8. The second kappa shape index (κ2) is 11.7. The van der Waals surface area contributed by atoms with Gasteiger partial charge in [-0.15, -0.1) is 0 Å². The Morgan fingerprint density at radius 1 is 0.865 bits per heavy atom. The standard InChI is InChI=1S/C29H34N4O4/c1-5-37-28(34)22-11-12-26(25(18-22)31-29(35)30-23-7-6-8-24(19-23)36-4)32-13-15-33(16-14-32)27-17-20(2)9-10-21(27)3/h6-12,17-19H,5,13-16H2,1-4H3,(H2,30,31,35). The molecule has 194 valence electrons. The smallest absolute Gasteiger partial charge is 0.338 e.